The molecule has 0 bridgehead atoms. The molecule has 4 heteroatoms. The van der Waals surface area contributed by atoms with Crippen LogP contribution >= 0.6 is 0 Å². The summed E-state index contributed by atoms with van der Waals surface area (Å²) in [5.74, 6) is -0.660. The molecular formula is C7H10O4. The van der Waals surface area contributed by atoms with Crippen molar-refractivity contribution in [2.45, 2.75) is 18.9 Å². The fraction of sp³-hybridized carbons (Fsp3) is 0.571. The highest BCUT2D eigenvalue weighted by Crippen LogP contribution is 2.27. The molecule has 2 N–H and O–H groups in total. The minimum absolute atomic E-state index is 0.233. The van der Waals surface area contributed by atoms with Gasteiger partial charge in [-0.15, -0.1) is 0 Å². The second-order valence-electron chi connectivity index (χ2n) is 2.67. The van der Waals surface area contributed by atoms with Gasteiger partial charge in [0, 0.05) is 6.42 Å². The van der Waals surface area contributed by atoms with Gasteiger partial charge in [-0.3, -0.25) is 0 Å². The third-order valence-electron chi connectivity index (χ3n) is 1.68. The van der Waals surface area contributed by atoms with Crippen LogP contribution in [0.15, 0.2) is 11.8 Å². The lowest BCUT2D eigenvalue weighted by molar-refractivity contribution is -0.156. The van der Waals surface area contributed by atoms with Gasteiger partial charge in [0.05, 0.1) is 0 Å². The van der Waals surface area contributed by atoms with E-state index in [-0.39, 0.29) is 6.61 Å². The topological polar surface area (TPSA) is 66.8 Å². The maximum Gasteiger partial charge on any atom is 0.348 e. The Labute approximate surface area is 64.1 Å². The van der Waals surface area contributed by atoms with Crippen molar-refractivity contribution in [2.24, 2.45) is 0 Å². The number of hydrogen-bond acceptors (Lipinski definition) is 3. The fourth-order valence-corrected chi connectivity index (χ4v) is 0.909. The van der Waals surface area contributed by atoms with Gasteiger partial charge in [-0.1, -0.05) is 0 Å². The molecule has 0 aromatic heterocycles. The Morgan fingerprint density at radius 3 is 2.82 bits per heavy atom. The lowest BCUT2D eigenvalue weighted by Crippen LogP contribution is -2.34. The van der Waals surface area contributed by atoms with Gasteiger partial charge in [-0.05, 0) is 13.0 Å². The first-order chi connectivity index (χ1) is 5.08. The molecule has 11 heavy (non-hydrogen) atoms. The Morgan fingerprint density at radius 2 is 2.55 bits per heavy atom. The number of aliphatic hydroxyl groups is 1. The molecule has 0 aliphatic carbocycles. The lowest BCUT2D eigenvalue weighted by atomic mass is 10.1. The Hall–Kier alpha value is -1.03. The van der Waals surface area contributed by atoms with E-state index in [1.807, 2.05) is 0 Å². The summed E-state index contributed by atoms with van der Waals surface area (Å²) in [5.41, 5.74) is -1.17. The highest BCUT2D eigenvalue weighted by molar-refractivity contribution is 5.77. The summed E-state index contributed by atoms with van der Waals surface area (Å²) in [6.45, 7) is 1.25. The molecule has 1 rings (SSSR count). The van der Waals surface area contributed by atoms with Crippen LogP contribution in [0, 0.1) is 0 Å². The van der Waals surface area contributed by atoms with E-state index in [1.165, 1.54) is 6.92 Å². The third-order valence-corrected chi connectivity index (χ3v) is 1.68. The second kappa shape index (κ2) is 2.54. The normalized spacial score (nSPS) is 29.5. The fourth-order valence-electron chi connectivity index (χ4n) is 0.909. The number of rotatable bonds is 2. The van der Waals surface area contributed by atoms with E-state index in [4.69, 9.17) is 14.9 Å². The highest BCUT2D eigenvalue weighted by atomic mass is 16.5. The largest absolute Gasteiger partial charge is 0.478 e. The molecule has 1 aliphatic rings. The molecule has 1 unspecified atom stereocenters. The summed E-state index contributed by atoms with van der Waals surface area (Å²) >= 11 is 0. The SMILES string of the molecule is CC1(C(=O)O)CC=C(CO)O1. The summed E-state index contributed by atoms with van der Waals surface area (Å²) in [6.07, 6.45) is 1.91. The van der Waals surface area contributed by atoms with Crippen LogP contribution in [0.4, 0.5) is 0 Å². The van der Waals surface area contributed by atoms with Crippen LogP contribution < -0.4 is 0 Å². The summed E-state index contributed by atoms with van der Waals surface area (Å²) in [5, 5.41) is 17.2. The van der Waals surface area contributed by atoms with Gasteiger partial charge in [-0.25, -0.2) is 4.79 Å². The van der Waals surface area contributed by atoms with Crippen LogP contribution in [0.3, 0.4) is 0 Å². The van der Waals surface area contributed by atoms with Crippen LogP contribution in [0.25, 0.3) is 0 Å². The molecule has 1 aliphatic heterocycles. The van der Waals surface area contributed by atoms with E-state index < -0.39 is 11.6 Å². The number of carboxylic acid groups (broad SMARTS) is 1. The van der Waals surface area contributed by atoms with Gasteiger partial charge in [-0.2, -0.15) is 0 Å². The van der Waals surface area contributed by atoms with E-state index in [9.17, 15) is 4.79 Å². The minimum atomic E-state index is -1.17. The molecule has 4 nitrogen and oxygen atoms in total. The highest BCUT2D eigenvalue weighted by Gasteiger charge is 2.38. The molecule has 0 aromatic rings. The number of carboxylic acids is 1. The molecule has 0 saturated heterocycles. The molecule has 0 spiro atoms. The molecule has 0 radical (unpaired) electrons. The number of ether oxygens (including phenoxy) is 1. The predicted octanol–water partition coefficient (Wildman–Crippen LogP) is 0.126. The monoisotopic (exact) mass is 158 g/mol. The number of aliphatic carboxylic acids is 1. The maximum atomic E-state index is 10.5. The van der Waals surface area contributed by atoms with E-state index in [0.717, 1.165) is 0 Å². The standard InChI is InChI=1S/C7H10O4/c1-7(6(9)10)3-2-5(4-8)11-7/h2,8H,3-4H2,1H3,(H,9,10). The summed E-state index contributed by atoms with van der Waals surface area (Å²) in [4.78, 5) is 10.5. The first kappa shape index (κ1) is 8.07. The van der Waals surface area contributed by atoms with Crippen molar-refractivity contribution >= 4 is 5.97 Å². The van der Waals surface area contributed by atoms with Gasteiger partial charge < -0.3 is 14.9 Å². The number of aliphatic hydroxyl groups excluding tert-OH is 1. The Balaban J connectivity index is 2.64. The van der Waals surface area contributed by atoms with Crippen molar-refractivity contribution in [2.75, 3.05) is 6.61 Å². The van der Waals surface area contributed by atoms with Crippen molar-refractivity contribution in [3.05, 3.63) is 11.8 Å². The molecule has 0 fully saturated rings. The Morgan fingerprint density at radius 1 is 1.91 bits per heavy atom. The van der Waals surface area contributed by atoms with E-state index in [2.05, 4.69) is 0 Å². The van der Waals surface area contributed by atoms with Gasteiger partial charge >= 0.3 is 5.97 Å². The lowest BCUT2D eigenvalue weighted by Gasteiger charge is -2.19. The minimum Gasteiger partial charge on any atom is -0.478 e. The summed E-state index contributed by atoms with van der Waals surface area (Å²) < 4.78 is 4.97. The van der Waals surface area contributed by atoms with Gasteiger partial charge in [0.25, 0.3) is 0 Å². The van der Waals surface area contributed by atoms with Crippen LogP contribution in [0.2, 0.25) is 0 Å². The van der Waals surface area contributed by atoms with Gasteiger partial charge in [0.1, 0.15) is 12.4 Å². The second-order valence-corrected chi connectivity index (χ2v) is 2.67. The molecule has 1 atom stereocenters. The van der Waals surface area contributed by atoms with Crippen molar-refractivity contribution in [1.82, 2.24) is 0 Å². The number of carbonyl (C=O) groups is 1. The molecule has 0 saturated carbocycles. The maximum absolute atomic E-state index is 10.5. The molecule has 0 amide bonds. The van der Waals surface area contributed by atoms with Crippen molar-refractivity contribution < 1.29 is 19.7 Å². The zero-order valence-electron chi connectivity index (χ0n) is 6.20. The van der Waals surface area contributed by atoms with E-state index in [0.29, 0.717) is 12.2 Å². The van der Waals surface area contributed by atoms with Crippen LogP contribution in [-0.2, 0) is 9.53 Å². The van der Waals surface area contributed by atoms with Crippen molar-refractivity contribution in [3.8, 4) is 0 Å². The first-order valence-corrected chi connectivity index (χ1v) is 3.31. The van der Waals surface area contributed by atoms with Crippen LogP contribution in [0.5, 0.6) is 0 Å². The molecule has 0 aromatic carbocycles. The smallest absolute Gasteiger partial charge is 0.348 e. The van der Waals surface area contributed by atoms with E-state index in [1.54, 1.807) is 6.08 Å². The average molecular weight is 158 g/mol. The first-order valence-electron chi connectivity index (χ1n) is 3.31. The van der Waals surface area contributed by atoms with Crippen molar-refractivity contribution in [1.29, 1.82) is 0 Å². The number of hydrogen-bond donors (Lipinski definition) is 2. The van der Waals surface area contributed by atoms with Crippen LogP contribution in [-0.4, -0.2) is 28.4 Å². The Kier molecular flexibility index (Phi) is 1.87. The molecule has 1 heterocycles. The van der Waals surface area contributed by atoms with Crippen LogP contribution in [0.1, 0.15) is 13.3 Å². The van der Waals surface area contributed by atoms with Crippen molar-refractivity contribution in [3.63, 3.8) is 0 Å². The zero-order valence-corrected chi connectivity index (χ0v) is 6.20. The predicted molar refractivity (Wildman–Crippen MR) is 36.9 cm³/mol. The molecule has 62 valence electrons. The third kappa shape index (κ3) is 1.35. The molecular weight excluding hydrogens is 148 g/mol. The zero-order chi connectivity index (χ0) is 8.48. The van der Waals surface area contributed by atoms with Gasteiger partial charge in [0.15, 0.2) is 0 Å². The quantitative estimate of drug-likeness (QED) is 0.599. The van der Waals surface area contributed by atoms with Gasteiger partial charge in [0.2, 0.25) is 5.60 Å². The summed E-state index contributed by atoms with van der Waals surface area (Å²) in [6, 6.07) is 0. The Bertz CT molecular complexity index is 208. The average Bonchev–Trinajstić information content (AvgIpc) is 2.33. The summed E-state index contributed by atoms with van der Waals surface area (Å²) in [7, 11) is 0. The van der Waals surface area contributed by atoms with E-state index >= 15 is 0 Å².